The molecule has 10 heteroatoms. The molecule has 0 aliphatic carbocycles. The molecule has 0 fully saturated rings. The number of esters is 1. The van der Waals surface area contributed by atoms with Crippen molar-refractivity contribution in [2.75, 3.05) is 26.3 Å². The minimum Gasteiger partial charge on any atom is -0.508 e. The van der Waals surface area contributed by atoms with Crippen molar-refractivity contribution in [2.24, 2.45) is 5.14 Å². The highest BCUT2D eigenvalue weighted by molar-refractivity contribution is 7.89. The lowest BCUT2D eigenvalue weighted by atomic mass is 10.0. The monoisotopic (exact) mass is 612 g/mol. The van der Waals surface area contributed by atoms with E-state index in [1.165, 1.54) is 30.7 Å². The SMILES string of the molecule is CC(=O)OCc1cc([C@@H](O)CNCCCCCCOCCCCc2cccc(-c3ccc(S(N)(=O)=O)cc3)c2)ccc1O. The Morgan fingerprint density at radius 3 is 2.35 bits per heavy atom. The molecule has 0 aliphatic heterocycles. The first-order valence-corrected chi connectivity index (χ1v) is 16.3. The predicted molar refractivity (Wildman–Crippen MR) is 167 cm³/mol. The number of nitrogens with one attached hydrogen (secondary N) is 1. The second-order valence-corrected chi connectivity index (χ2v) is 12.2. The number of benzene rings is 3. The van der Waals surface area contributed by atoms with Crippen LogP contribution < -0.4 is 10.5 Å². The van der Waals surface area contributed by atoms with Gasteiger partial charge in [-0.2, -0.15) is 0 Å². The summed E-state index contributed by atoms with van der Waals surface area (Å²) < 4.78 is 33.7. The number of sulfonamides is 1. The van der Waals surface area contributed by atoms with Gasteiger partial charge in [0.15, 0.2) is 0 Å². The van der Waals surface area contributed by atoms with Gasteiger partial charge in [-0.3, -0.25) is 4.79 Å². The van der Waals surface area contributed by atoms with Crippen LogP contribution in [-0.2, 0) is 37.3 Å². The fraction of sp³-hybridized carbons (Fsp3) is 0.424. The van der Waals surface area contributed by atoms with Crippen LogP contribution in [0.15, 0.2) is 71.6 Å². The summed E-state index contributed by atoms with van der Waals surface area (Å²) in [6.07, 6.45) is 6.46. The third-order valence-corrected chi connectivity index (χ3v) is 8.03. The lowest BCUT2D eigenvalue weighted by Crippen LogP contribution is -2.22. The van der Waals surface area contributed by atoms with Gasteiger partial charge in [0, 0.05) is 32.2 Å². The minimum absolute atomic E-state index is 0.0285. The van der Waals surface area contributed by atoms with Crippen LogP contribution in [0.5, 0.6) is 5.75 Å². The largest absolute Gasteiger partial charge is 0.508 e. The van der Waals surface area contributed by atoms with E-state index in [4.69, 9.17) is 14.6 Å². The van der Waals surface area contributed by atoms with E-state index in [2.05, 4.69) is 17.4 Å². The average molecular weight is 613 g/mol. The van der Waals surface area contributed by atoms with Gasteiger partial charge >= 0.3 is 5.97 Å². The van der Waals surface area contributed by atoms with Gasteiger partial charge in [-0.25, -0.2) is 13.6 Å². The number of carbonyl (C=O) groups is 1. The number of phenols is 1. The maximum Gasteiger partial charge on any atom is 0.302 e. The quantitative estimate of drug-likeness (QED) is 0.109. The Morgan fingerprint density at radius 1 is 0.907 bits per heavy atom. The molecule has 0 heterocycles. The molecule has 0 saturated carbocycles. The summed E-state index contributed by atoms with van der Waals surface area (Å²) >= 11 is 0. The summed E-state index contributed by atoms with van der Waals surface area (Å²) in [6, 6.07) is 19.7. The summed E-state index contributed by atoms with van der Waals surface area (Å²) in [5.41, 5.74) is 4.36. The van der Waals surface area contributed by atoms with Gasteiger partial charge in [0.05, 0.1) is 11.0 Å². The van der Waals surface area contributed by atoms with Gasteiger partial charge in [0.25, 0.3) is 0 Å². The topological polar surface area (TPSA) is 148 Å². The maximum absolute atomic E-state index is 11.5. The van der Waals surface area contributed by atoms with E-state index >= 15 is 0 Å². The first kappa shape index (κ1) is 34.2. The number of ether oxygens (including phenoxy) is 2. The smallest absolute Gasteiger partial charge is 0.302 e. The highest BCUT2D eigenvalue weighted by Crippen LogP contribution is 2.24. The van der Waals surface area contributed by atoms with E-state index in [0.29, 0.717) is 17.7 Å². The summed E-state index contributed by atoms with van der Waals surface area (Å²) in [5, 5.41) is 28.8. The first-order valence-electron chi connectivity index (χ1n) is 14.8. The third kappa shape index (κ3) is 12.5. The molecule has 3 rings (SSSR count). The van der Waals surface area contributed by atoms with Crippen molar-refractivity contribution in [3.63, 3.8) is 0 Å². The van der Waals surface area contributed by atoms with Crippen molar-refractivity contribution >= 4 is 16.0 Å². The molecule has 0 unspecified atom stereocenters. The molecule has 0 radical (unpaired) electrons. The number of hydrogen-bond donors (Lipinski definition) is 4. The molecular weight excluding hydrogens is 568 g/mol. The number of aromatic hydroxyl groups is 1. The number of aliphatic hydroxyl groups excluding tert-OH is 1. The lowest BCUT2D eigenvalue weighted by Gasteiger charge is -2.14. The van der Waals surface area contributed by atoms with E-state index in [-0.39, 0.29) is 17.3 Å². The van der Waals surface area contributed by atoms with Crippen molar-refractivity contribution in [3.05, 3.63) is 83.4 Å². The fourth-order valence-electron chi connectivity index (χ4n) is 4.65. The number of phenolic OH excluding ortho intramolecular Hbond substituents is 1. The van der Waals surface area contributed by atoms with Crippen molar-refractivity contribution in [2.45, 2.75) is 69.5 Å². The zero-order valence-corrected chi connectivity index (χ0v) is 25.7. The van der Waals surface area contributed by atoms with Crippen LogP contribution in [0.1, 0.15) is 68.2 Å². The Hall–Kier alpha value is -3.28. The highest BCUT2D eigenvalue weighted by Gasteiger charge is 2.11. The molecule has 0 aromatic heterocycles. The van der Waals surface area contributed by atoms with Crippen LogP contribution in [0.4, 0.5) is 0 Å². The van der Waals surface area contributed by atoms with Crippen LogP contribution >= 0.6 is 0 Å². The molecule has 0 aliphatic rings. The van der Waals surface area contributed by atoms with Gasteiger partial charge in [0.1, 0.15) is 12.4 Å². The second kappa shape index (κ2) is 17.7. The number of primary sulfonamides is 1. The Morgan fingerprint density at radius 2 is 1.63 bits per heavy atom. The van der Waals surface area contributed by atoms with Gasteiger partial charge in [0.2, 0.25) is 10.0 Å². The number of unbranched alkanes of at least 4 members (excludes halogenated alkanes) is 4. The van der Waals surface area contributed by atoms with Crippen LogP contribution in [0, 0.1) is 0 Å². The molecular formula is C33H44N2O7S. The molecule has 0 amide bonds. The van der Waals surface area contributed by atoms with Crippen LogP contribution in [0.3, 0.4) is 0 Å². The van der Waals surface area contributed by atoms with Crippen LogP contribution in [0.2, 0.25) is 0 Å². The average Bonchev–Trinajstić information content (AvgIpc) is 2.98. The molecule has 234 valence electrons. The summed E-state index contributed by atoms with van der Waals surface area (Å²) in [5.74, 6) is -0.392. The van der Waals surface area contributed by atoms with Crippen molar-refractivity contribution in [1.82, 2.24) is 5.32 Å². The highest BCUT2D eigenvalue weighted by atomic mass is 32.2. The van der Waals surface area contributed by atoms with Gasteiger partial charge in [-0.1, -0.05) is 55.3 Å². The van der Waals surface area contributed by atoms with E-state index in [9.17, 15) is 23.4 Å². The molecule has 3 aromatic carbocycles. The molecule has 0 bridgehead atoms. The van der Waals surface area contributed by atoms with E-state index in [1.54, 1.807) is 24.3 Å². The number of carbonyl (C=O) groups excluding carboxylic acids is 1. The molecule has 0 saturated heterocycles. The number of rotatable bonds is 19. The third-order valence-electron chi connectivity index (χ3n) is 7.10. The predicted octanol–water partition coefficient (Wildman–Crippen LogP) is 4.99. The number of nitrogens with two attached hydrogens (primary N) is 1. The first-order chi connectivity index (χ1) is 20.6. The normalized spacial score (nSPS) is 12.3. The Kier molecular flexibility index (Phi) is 14.1. The Bertz CT molecular complexity index is 1390. The van der Waals surface area contributed by atoms with Crippen LogP contribution in [-0.4, -0.2) is 50.9 Å². The molecule has 3 aromatic rings. The zero-order chi connectivity index (χ0) is 31.1. The summed E-state index contributed by atoms with van der Waals surface area (Å²) in [7, 11) is -3.69. The van der Waals surface area contributed by atoms with E-state index < -0.39 is 22.1 Å². The van der Waals surface area contributed by atoms with Gasteiger partial charge < -0.3 is 25.0 Å². The minimum atomic E-state index is -3.69. The Balaban J connectivity index is 1.20. The lowest BCUT2D eigenvalue weighted by molar-refractivity contribution is -0.142. The van der Waals surface area contributed by atoms with Gasteiger partial charge in [-0.15, -0.1) is 0 Å². The van der Waals surface area contributed by atoms with Crippen molar-refractivity contribution < 1.29 is 32.9 Å². The van der Waals surface area contributed by atoms with E-state index in [0.717, 1.165) is 75.8 Å². The molecule has 9 nitrogen and oxygen atoms in total. The maximum atomic E-state index is 11.5. The second-order valence-electron chi connectivity index (χ2n) is 10.6. The zero-order valence-electron chi connectivity index (χ0n) is 24.8. The molecule has 43 heavy (non-hydrogen) atoms. The van der Waals surface area contributed by atoms with E-state index in [1.807, 2.05) is 12.1 Å². The Labute approximate surface area is 255 Å². The number of aliphatic hydroxyl groups is 1. The van der Waals surface area contributed by atoms with Crippen molar-refractivity contribution in [3.8, 4) is 16.9 Å². The van der Waals surface area contributed by atoms with Crippen LogP contribution in [0.25, 0.3) is 11.1 Å². The van der Waals surface area contributed by atoms with Crippen molar-refractivity contribution in [1.29, 1.82) is 0 Å². The summed E-state index contributed by atoms with van der Waals surface area (Å²) in [6.45, 7) is 3.99. The number of hydrogen-bond acceptors (Lipinski definition) is 8. The standard InChI is InChI=1S/C33H44N2O7S/c1-25(36)42-24-30-22-29(14-17-32(30)37)33(38)23-35-18-5-2-3-6-19-41-20-7-4-9-26-10-8-11-28(21-26)27-12-15-31(16-13-27)43(34,39)40/h8,10-17,21-22,33,35,37-38H,2-7,9,18-20,23-24H2,1H3,(H2,34,39,40)/t33-/m0/s1. The molecule has 5 N–H and O–H groups in total. The number of aryl methyl sites for hydroxylation is 1. The molecule has 0 spiro atoms. The summed E-state index contributed by atoms with van der Waals surface area (Å²) in [4.78, 5) is 11.1. The van der Waals surface area contributed by atoms with Gasteiger partial charge in [-0.05, 0) is 85.2 Å². The fourth-order valence-corrected chi connectivity index (χ4v) is 5.17. The molecule has 1 atom stereocenters.